The highest BCUT2D eigenvalue weighted by Crippen LogP contribution is 2.45. The Morgan fingerprint density at radius 2 is 1.72 bits per heavy atom. The van der Waals surface area contributed by atoms with Gasteiger partial charge in [-0.25, -0.2) is 9.97 Å². The SMILES string of the molecule is Nc1cc(-c2ccnc(Nc3ccc(N4CCOCC4)c(C4CC4)c3)n2)ccc1OC1CCOCC1. The standard InChI is InChI=1S/C28H33N5O3/c29-24-17-20(3-6-27(24)36-22-8-13-34-14-9-22)25-7-10-30-28(32-25)31-21-4-5-26(23(18-21)19-1-2-19)33-11-15-35-16-12-33/h3-7,10,17-19,22H,1-2,8-9,11-16,29H2,(H,30,31,32). The molecule has 3 heterocycles. The molecule has 8 nitrogen and oxygen atoms in total. The lowest BCUT2D eigenvalue weighted by atomic mass is 10.1. The number of rotatable bonds is 7. The molecule has 0 radical (unpaired) electrons. The van der Waals surface area contributed by atoms with Gasteiger partial charge in [0, 0.05) is 49.1 Å². The molecule has 0 spiro atoms. The lowest BCUT2D eigenvalue weighted by Crippen LogP contribution is -2.36. The third kappa shape index (κ3) is 5.24. The van der Waals surface area contributed by atoms with E-state index in [2.05, 4.69) is 33.4 Å². The van der Waals surface area contributed by atoms with Crippen LogP contribution in [0.2, 0.25) is 0 Å². The van der Waals surface area contributed by atoms with Crippen LogP contribution < -0.4 is 20.7 Å². The van der Waals surface area contributed by atoms with E-state index in [4.69, 9.17) is 24.9 Å². The minimum absolute atomic E-state index is 0.150. The average molecular weight is 488 g/mol. The Labute approximate surface area is 211 Å². The molecule has 0 bridgehead atoms. The summed E-state index contributed by atoms with van der Waals surface area (Å²) >= 11 is 0. The molecule has 36 heavy (non-hydrogen) atoms. The molecule has 6 rings (SSSR count). The molecule has 3 N–H and O–H groups in total. The average Bonchev–Trinajstić information content (AvgIpc) is 3.77. The van der Waals surface area contributed by atoms with Crippen molar-refractivity contribution < 1.29 is 14.2 Å². The number of nitrogens with two attached hydrogens (primary N) is 1. The molecule has 8 heteroatoms. The Hall–Kier alpha value is -3.36. The van der Waals surface area contributed by atoms with Crippen molar-refractivity contribution in [3.05, 3.63) is 54.2 Å². The molecule has 188 valence electrons. The molecule has 1 saturated carbocycles. The normalized spacial score (nSPS) is 18.7. The zero-order chi connectivity index (χ0) is 24.3. The van der Waals surface area contributed by atoms with Gasteiger partial charge in [0.2, 0.25) is 5.95 Å². The number of hydrogen-bond acceptors (Lipinski definition) is 8. The highest BCUT2D eigenvalue weighted by Gasteiger charge is 2.28. The Kier molecular flexibility index (Phi) is 6.61. The summed E-state index contributed by atoms with van der Waals surface area (Å²) in [6.07, 6.45) is 6.20. The fourth-order valence-corrected chi connectivity index (χ4v) is 4.94. The van der Waals surface area contributed by atoms with Gasteiger partial charge in [-0.1, -0.05) is 0 Å². The van der Waals surface area contributed by atoms with E-state index < -0.39 is 0 Å². The fraction of sp³-hybridized carbons (Fsp3) is 0.429. The molecule has 0 amide bonds. The molecule has 2 saturated heterocycles. The minimum atomic E-state index is 0.150. The van der Waals surface area contributed by atoms with E-state index in [0.29, 0.717) is 23.3 Å². The highest BCUT2D eigenvalue weighted by molar-refractivity contribution is 5.70. The van der Waals surface area contributed by atoms with Gasteiger partial charge in [0.05, 0.1) is 37.8 Å². The van der Waals surface area contributed by atoms with E-state index in [0.717, 1.165) is 69.3 Å². The molecule has 0 unspecified atom stereocenters. The maximum atomic E-state index is 6.34. The van der Waals surface area contributed by atoms with Gasteiger partial charge >= 0.3 is 0 Å². The van der Waals surface area contributed by atoms with Crippen molar-refractivity contribution in [2.75, 3.05) is 55.5 Å². The lowest BCUT2D eigenvalue weighted by Gasteiger charge is -2.31. The molecule has 1 aromatic heterocycles. The van der Waals surface area contributed by atoms with Crippen LogP contribution in [0.3, 0.4) is 0 Å². The monoisotopic (exact) mass is 487 g/mol. The van der Waals surface area contributed by atoms with E-state index in [-0.39, 0.29) is 6.10 Å². The van der Waals surface area contributed by atoms with Gasteiger partial charge in [-0.15, -0.1) is 0 Å². The first kappa shape index (κ1) is 23.1. The molecule has 3 aromatic rings. The molecular weight excluding hydrogens is 454 g/mol. The zero-order valence-corrected chi connectivity index (χ0v) is 20.5. The van der Waals surface area contributed by atoms with E-state index in [9.17, 15) is 0 Å². The van der Waals surface area contributed by atoms with Gasteiger partial charge in [-0.3, -0.25) is 0 Å². The fourth-order valence-electron chi connectivity index (χ4n) is 4.94. The molecule has 2 aromatic carbocycles. The van der Waals surface area contributed by atoms with E-state index in [1.165, 1.54) is 24.1 Å². The third-order valence-corrected chi connectivity index (χ3v) is 7.08. The number of benzene rings is 2. The van der Waals surface area contributed by atoms with Crippen molar-refractivity contribution in [2.24, 2.45) is 0 Å². The molecular formula is C28H33N5O3. The first-order valence-corrected chi connectivity index (χ1v) is 12.9. The van der Waals surface area contributed by atoms with Crippen molar-refractivity contribution >= 4 is 23.0 Å². The van der Waals surface area contributed by atoms with Crippen molar-refractivity contribution in [3.63, 3.8) is 0 Å². The Morgan fingerprint density at radius 1 is 0.917 bits per heavy atom. The van der Waals surface area contributed by atoms with Crippen molar-refractivity contribution in [2.45, 2.75) is 37.7 Å². The molecule has 1 aliphatic carbocycles. The van der Waals surface area contributed by atoms with Crippen LogP contribution in [-0.4, -0.2) is 55.6 Å². The maximum Gasteiger partial charge on any atom is 0.227 e. The second kappa shape index (κ2) is 10.3. The van der Waals surface area contributed by atoms with E-state index in [1.807, 2.05) is 24.3 Å². The molecule has 3 aliphatic rings. The molecule has 0 atom stereocenters. The lowest BCUT2D eigenvalue weighted by molar-refractivity contribution is 0.0259. The summed E-state index contributed by atoms with van der Waals surface area (Å²) in [7, 11) is 0. The number of aromatic nitrogens is 2. The first-order chi connectivity index (χ1) is 17.7. The van der Waals surface area contributed by atoms with E-state index >= 15 is 0 Å². The van der Waals surface area contributed by atoms with Crippen LogP contribution in [0.5, 0.6) is 5.75 Å². The number of nitrogen functional groups attached to an aromatic ring is 1. The number of morpholine rings is 1. The third-order valence-electron chi connectivity index (χ3n) is 7.08. The van der Waals surface area contributed by atoms with Crippen molar-refractivity contribution in [3.8, 4) is 17.0 Å². The van der Waals surface area contributed by atoms with Crippen LogP contribution in [-0.2, 0) is 9.47 Å². The van der Waals surface area contributed by atoms with Crippen LogP contribution in [0, 0.1) is 0 Å². The van der Waals surface area contributed by atoms with Gasteiger partial charge < -0.3 is 30.2 Å². The summed E-state index contributed by atoms with van der Waals surface area (Å²) in [5.41, 5.74) is 12.4. The van der Waals surface area contributed by atoms with Gasteiger partial charge in [0.1, 0.15) is 11.9 Å². The van der Waals surface area contributed by atoms with Crippen LogP contribution in [0.25, 0.3) is 11.3 Å². The van der Waals surface area contributed by atoms with Crippen LogP contribution in [0.15, 0.2) is 48.7 Å². The van der Waals surface area contributed by atoms with Crippen LogP contribution >= 0.6 is 0 Å². The summed E-state index contributed by atoms with van der Waals surface area (Å²) in [5.74, 6) is 1.92. The zero-order valence-electron chi connectivity index (χ0n) is 20.5. The van der Waals surface area contributed by atoms with Gasteiger partial charge in [-0.05, 0) is 66.8 Å². The minimum Gasteiger partial charge on any atom is -0.488 e. The van der Waals surface area contributed by atoms with Gasteiger partial charge in [-0.2, -0.15) is 0 Å². The van der Waals surface area contributed by atoms with Gasteiger partial charge in [0.25, 0.3) is 0 Å². The van der Waals surface area contributed by atoms with Crippen LogP contribution in [0.4, 0.5) is 23.0 Å². The smallest absolute Gasteiger partial charge is 0.227 e. The maximum absolute atomic E-state index is 6.34. The number of hydrogen-bond donors (Lipinski definition) is 2. The van der Waals surface area contributed by atoms with Crippen molar-refractivity contribution in [1.82, 2.24) is 9.97 Å². The highest BCUT2D eigenvalue weighted by atomic mass is 16.5. The predicted octanol–water partition coefficient (Wildman–Crippen LogP) is 4.74. The Balaban J connectivity index is 1.18. The largest absolute Gasteiger partial charge is 0.488 e. The number of ether oxygens (including phenoxy) is 3. The second-order valence-electron chi connectivity index (χ2n) is 9.72. The van der Waals surface area contributed by atoms with Crippen LogP contribution in [0.1, 0.15) is 37.2 Å². The molecule has 2 aliphatic heterocycles. The quantitative estimate of drug-likeness (QED) is 0.462. The summed E-state index contributed by atoms with van der Waals surface area (Å²) in [6, 6.07) is 14.4. The Bertz CT molecular complexity index is 1200. The number of anilines is 4. The second-order valence-corrected chi connectivity index (χ2v) is 9.72. The van der Waals surface area contributed by atoms with E-state index in [1.54, 1.807) is 6.20 Å². The number of nitrogens with one attached hydrogen (secondary N) is 1. The topological polar surface area (TPSA) is 94.8 Å². The van der Waals surface area contributed by atoms with Gasteiger partial charge in [0.15, 0.2) is 0 Å². The Morgan fingerprint density at radius 3 is 2.50 bits per heavy atom. The molecule has 3 fully saturated rings. The summed E-state index contributed by atoms with van der Waals surface area (Å²) < 4.78 is 17.1. The predicted molar refractivity (Wildman–Crippen MR) is 141 cm³/mol. The first-order valence-electron chi connectivity index (χ1n) is 12.9. The number of nitrogens with zero attached hydrogens (tertiary/aromatic N) is 3. The summed E-state index contributed by atoms with van der Waals surface area (Å²) in [4.78, 5) is 11.7. The summed E-state index contributed by atoms with van der Waals surface area (Å²) in [5, 5.41) is 3.41. The van der Waals surface area contributed by atoms with Crippen molar-refractivity contribution in [1.29, 1.82) is 0 Å². The summed E-state index contributed by atoms with van der Waals surface area (Å²) in [6.45, 7) is 4.93.